The van der Waals surface area contributed by atoms with E-state index in [2.05, 4.69) is 47.6 Å². The number of furan rings is 1. The van der Waals surface area contributed by atoms with Gasteiger partial charge in [-0.05, 0) is 72.2 Å². The van der Waals surface area contributed by atoms with Gasteiger partial charge in [0.2, 0.25) is 0 Å². The van der Waals surface area contributed by atoms with Crippen molar-refractivity contribution in [2.24, 2.45) is 0 Å². The maximum Gasteiger partial charge on any atom is 0.120 e. The smallest absolute Gasteiger partial charge is 0.120 e. The average Bonchev–Trinajstić information content (AvgIpc) is 3.37. The molecule has 3 aliphatic carbocycles. The van der Waals surface area contributed by atoms with Crippen LogP contribution in [0.25, 0.3) is 44.5 Å². The predicted molar refractivity (Wildman–Crippen MR) is 148 cm³/mol. The zero-order chi connectivity index (χ0) is 24.6. The Bertz CT molecular complexity index is 1650. The molecule has 3 aromatic carbocycles. The van der Waals surface area contributed by atoms with Crippen molar-refractivity contribution in [1.29, 1.82) is 0 Å². The molecule has 1 radical (unpaired) electrons. The Labute approximate surface area is 236 Å². The first-order valence-corrected chi connectivity index (χ1v) is 13.0. The Hall–Kier alpha value is -3.59. The third-order valence-corrected chi connectivity index (χ3v) is 7.81. The van der Waals surface area contributed by atoms with Crippen LogP contribution >= 0.6 is 0 Å². The van der Waals surface area contributed by atoms with Gasteiger partial charge in [-0.1, -0.05) is 41.8 Å². The second-order valence-corrected chi connectivity index (χ2v) is 9.96. The zero-order valence-corrected chi connectivity index (χ0v) is 23.3. The summed E-state index contributed by atoms with van der Waals surface area (Å²) in [5.74, 6) is 1.48. The summed E-state index contributed by atoms with van der Waals surface area (Å²) in [6, 6.07) is 34.9. The molecule has 1 fully saturated rings. The molecule has 0 amide bonds. The fraction of sp³-hybridized carbons (Fsp3) is 0.176. The van der Waals surface area contributed by atoms with Gasteiger partial charge in [0.15, 0.2) is 0 Å². The number of benzene rings is 3. The summed E-state index contributed by atoms with van der Waals surface area (Å²) in [4.78, 5) is 9.01. The SMILES string of the molecule is [Ir].[c-]1cc2oc3ccccc3c2cc1-c1cc2c(cn1)C1CCC2CC1.[c-]1ccccc1-c1ccccn1. The summed E-state index contributed by atoms with van der Waals surface area (Å²) in [6.45, 7) is 0. The first-order chi connectivity index (χ1) is 18.3. The van der Waals surface area contributed by atoms with E-state index in [9.17, 15) is 0 Å². The standard InChI is InChI=1S/C23H18NO.C11H8N.Ir/c1-2-4-22-17(3-1)19-11-16(9-10-23(19)25-22)21-12-18-14-5-7-15(8-6-14)20(18)13-24-21;1-2-6-10(7-3-1)11-8-4-5-9-12-11;/h1-4,10-15H,5-8H2;1-6,8-9H;/q2*-1;. The van der Waals surface area contributed by atoms with Gasteiger partial charge in [0.1, 0.15) is 5.58 Å². The molecular weight excluding hydrogens is 645 g/mol. The van der Waals surface area contributed by atoms with Crippen molar-refractivity contribution in [2.45, 2.75) is 37.5 Å². The normalized spacial score (nSPS) is 17.4. The number of aromatic nitrogens is 2. The van der Waals surface area contributed by atoms with Crippen LogP contribution in [0.1, 0.15) is 48.6 Å². The molecule has 2 bridgehead atoms. The number of rotatable bonds is 2. The third-order valence-electron chi connectivity index (χ3n) is 7.81. The zero-order valence-electron chi connectivity index (χ0n) is 20.9. The first kappa shape index (κ1) is 24.7. The Balaban J connectivity index is 0.000000172. The molecule has 3 heterocycles. The maximum absolute atomic E-state index is 5.92. The molecule has 3 nitrogen and oxygen atoms in total. The molecule has 0 spiro atoms. The Morgan fingerprint density at radius 1 is 0.658 bits per heavy atom. The molecule has 3 aromatic heterocycles. The van der Waals surface area contributed by atoms with Crippen LogP contribution in [0.2, 0.25) is 0 Å². The van der Waals surface area contributed by atoms with Crippen molar-refractivity contribution in [3.8, 4) is 22.5 Å². The van der Waals surface area contributed by atoms with Crippen LogP contribution in [0.5, 0.6) is 0 Å². The first-order valence-electron chi connectivity index (χ1n) is 13.0. The molecule has 0 atom stereocenters. The number of pyridine rings is 2. The van der Waals surface area contributed by atoms with E-state index in [-0.39, 0.29) is 20.1 Å². The monoisotopic (exact) mass is 671 g/mol. The largest absolute Gasteiger partial charge is 0.500 e. The summed E-state index contributed by atoms with van der Waals surface area (Å²) in [6.07, 6.45) is 9.30. The van der Waals surface area contributed by atoms with Crippen LogP contribution in [-0.4, -0.2) is 9.97 Å². The Kier molecular flexibility index (Phi) is 6.93. The summed E-state index contributed by atoms with van der Waals surface area (Å²) in [7, 11) is 0. The van der Waals surface area contributed by atoms with Crippen LogP contribution in [0.3, 0.4) is 0 Å². The summed E-state index contributed by atoms with van der Waals surface area (Å²) < 4.78 is 5.92. The van der Waals surface area contributed by atoms with Crippen LogP contribution in [-0.2, 0) is 20.1 Å². The molecule has 0 aliphatic heterocycles. The number of fused-ring (bicyclic) bond motifs is 5. The third kappa shape index (κ3) is 4.60. The molecule has 0 unspecified atom stereocenters. The van der Waals surface area contributed by atoms with E-state index in [1.54, 1.807) is 6.20 Å². The second-order valence-electron chi connectivity index (χ2n) is 9.96. The van der Waals surface area contributed by atoms with Crippen LogP contribution in [0, 0.1) is 12.1 Å². The van der Waals surface area contributed by atoms with Crippen LogP contribution < -0.4 is 0 Å². The van der Waals surface area contributed by atoms with Crippen LogP contribution in [0.4, 0.5) is 0 Å². The minimum atomic E-state index is 0. The number of hydrogen-bond donors (Lipinski definition) is 0. The van der Waals surface area contributed by atoms with Gasteiger partial charge in [0.25, 0.3) is 0 Å². The van der Waals surface area contributed by atoms with Gasteiger partial charge in [-0.2, -0.15) is 0 Å². The molecule has 9 rings (SSSR count). The van der Waals surface area contributed by atoms with Gasteiger partial charge in [-0.25, -0.2) is 0 Å². The van der Waals surface area contributed by atoms with Crippen LogP contribution in [0.15, 0.2) is 102 Å². The molecule has 0 saturated heterocycles. The summed E-state index contributed by atoms with van der Waals surface area (Å²) >= 11 is 0. The molecule has 1 saturated carbocycles. The van der Waals surface area contributed by atoms with Gasteiger partial charge in [0.05, 0.1) is 5.58 Å². The van der Waals surface area contributed by atoms with E-state index < -0.39 is 0 Å². The second kappa shape index (κ2) is 10.6. The quantitative estimate of drug-likeness (QED) is 0.173. The Morgan fingerprint density at radius 3 is 2.24 bits per heavy atom. The minimum Gasteiger partial charge on any atom is -0.500 e. The van der Waals surface area contributed by atoms with Gasteiger partial charge in [-0.15, -0.1) is 59.7 Å². The maximum atomic E-state index is 5.92. The van der Waals surface area contributed by atoms with Crippen molar-refractivity contribution >= 4 is 21.9 Å². The molecular formula is C34H26IrN2O-2. The Morgan fingerprint density at radius 2 is 1.45 bits per heavy atom. The van der Waals surface area contributed by atoms with E-state index in [0.717, 1.165) is 56.3 Å². The van der Waals surface area contributed by atoms with Gasteiger partial charge < -0.3 is 14.4 Å². The van der Waals surface area contributed by atoms with E-state index in [4.69, 9.17) is 9.40 Å². The number of hydrogen-bond acceptors (Lipinski definition) is 3. The van der Waals surface area contributed by atoms with Gasteiger partial charge >= 0.3 is 0 Å². The van der Waals surface area contributed by atoms with Crippen molar-refractivity contribution < 1.29 is 24.5 Å². The molecule has 6 aromatic rings. The fourth-order valence-corrected chi connectivity index (χ4v) is 5.93. The topological polar surface area (TPSA) is 38.9 Å². The predicted octanol–water partition coefficient (Wildman–Crippen LogP) is 8.75. The average molecular weight is 671 g/mol. The molecule has 3 aliphatic rings. The van der Waals surface area contributed by atoms with Crippen molar-refractivity contribution in [3.63, 3.8) is 0 Å². The van der Waals surface area contributed by atoms with E-state index in [0.29, 0.717) is 0 Å². The summed E-state index contributed by atoms with van der Waals surface area (Å²) in [5.41, 5.74) is 8.97. The molecule has 4 heteroatoms. The summed E-state index contributed by atoms with van der Waals surface area (Å²) in [5, 5.41) is 2.30. The number of nitrogens with zero attached hydrogens (tertiary/aromatic N) is 2. The fourth-order valence-electron chi connectivity index (χ4n) is 5.93. The number of para-hydroxylation sites is 1. The van der Waals surface area contributed by atoms with Crippen molar-refractivity contribution in [1.82, 2.24) is 9.97 Å². The van der Waals surface area contributed by atoms with E-state index in [1.807, 2.05) is 60.7 Å². The van der Waals surface area contributed by atoms with Crippen molar-refractivity contribution in [3.05, 3.63) is 121 Å². The molecule has 0 N–H and O–H groups in total. The van der Waals surface area contributed by atoms with Gasteiger partial charge in [0, 0.05) is 37.9 Å². The van der Waals surface area contributed by atoms with Crippen molar-refractivity contribution in [2.75, 3.05) is 0 Å². The van der Waals surface area contributed by atoms with E-state index >= 15 is 0 Å². The molecule has 189 valence electrons. The minimum absolute atomic E-state index is 0. The van der Waals surface area contributed by atoms with E-state index in [1.165, 1.54) is 36.8 Å². The molecule has 38 heavy (non-hydrogen) atoms. The van der Waals surface area contributed by atoms with Gasteiger partial charge in [-0.3, -0.25) is 0 Å².